The van der Waals surface area contributed by atoms with Crippen molar-refractivity contribution in [2.24, 2.45) is 11.7 Å². The lowest BCUT2D eigenvalue weighted by Crippen LogP contribution is -2.49. The Morgan fingerprint density at radius 1 is 1.21 bits per heavy atom. The van der Waals surface area contributed by atoms with Crippen molar-refractivity contribution in [3.8, 4) is 0 Å². The maximum atomic E-state index is 6.03. The number of hydrogen-bond acceptors (Lipinski definition) is 2. The van der Waals surface area contributed by atoms with Crippen LogP contribution in [-0.2, 0) is 6.42 Å². The lowest BCUT2D eigenvalue weighted by atomic mass is 9.84. The molecule has 0 aromatic heterocycles. The molecule has 19 heavy (non-hydrogen) atoms. The summed E-state index contributed by atoms with van der Waals surface area (Å²) >= 11 is 0. The van der Waals surface area contributed by atoms with E-state index in [0.717, 1.165) is 18.9 Å². The molecule has 3 atom stereocenters. The first-order chi connectivity index (χ1) is 9.22. The monoisotopic (exact) mass is 260 g/mol. The van der Waals surface area contributed by atoms with Gasteiger partial charge in [-0.25, -0.2) is 0 Å². The highest BCUT2D eigenvalue weighted by Gasteiger charge is 2.28. The Hall–Kier alpha value is -0.860. The quantitative estimate of drug-likeness (QED) is 0.881. The van der Waals surface area contributed by atoms with Gasteiger partial charge in [0.25, 0.3) is 0 Å². The van der Waals surface area contributed by atoms with Crippen molar-refractivity contribution >= 4 is 0 Å². The van der Waals surface area contributed by atoms with Crippen LogP contribution in [0.25, 0.3) is 0 Å². The van der Waals surface area contributed by atoms with Crippen molar-refractivity contribution in [1.82, 2.24) is 4.90 Å². The van der Waals surface area contributed by atoms with Crippen LogP contribution in [0.1, 0.15) is 38.2 Å². The summed E-state index contributed by atoms with van der Waals surface area (Å²) in [6.07, 6.45) is 6.55. The van der Waals surface area contributed by atoms with Crippen molar-refractivity contribution in [1.29, 1.82) is 0 Å². The Morgan fingerprint density at radius 2 is 1.89 bits per heavy atom. The zero-order chi connectivity index (χ0) is 13.7. The second-order valence-corrected chi connectivity index (χ2v) is 6.07. The lowest BCUT2D eigenvalue weighted by Gasteiger charge is -2.40. The van der Waals surface area contributed by atoms with E-state index in [1.807, 2.05) is 0 Å². The van der Waals surface area contributed by atoms with E-state index in [1.54, 1.807) is 0 Å². The van der Waals surface area contributed by atoms with Crippen LogP contribution in [-0.4, -0.2) is 30.6 Å². The summed E-state index contributed by atoms with van der Waals surface area (Å²) in [5.74, 6) is 0.809. The fourth-order valence-electron chi connectivity index (χ4n) is 3.45. The van der Waals surface area contributed by atoms with Crippen molar-refractivity contribution in [2.45, 2.75) is 51.1 Å². The molecular weight excluding hydrogens is 232 g/mol. The molecule has 3 unspecified atom stereocenters. The number of benzene rings is 1. The first-order valence-electron chi connectivity index (χ1n) is 7.68. The predicted octanol–water partition coefficient (Wildman–Crippen LogP) is 3.07. The minimum Gasteiger partial charge on any atom is -0.329 e. The third kappa shape index (κ3) is 3.80. The third-order valence-corrected chi connectivity index (χ3v) is 4.75. The number of nitrogens with zero attached hydrogens (tertiary/aromatic N) is 1. The van der Waals surface area contributed by atoms with Crippen molar-refractivity contribution < 1.29 is 0 Å². The van der Waals surface area contributed by atoms with E-state index >= 15 is 0 Å². The van der Waals surface area contributed by atoms with Crippen LogP contribution < -0.4 is 5.73 Å². The summed E-state index contributed by atoms with van der Waals surface area (Å²) in [5.41, 5.74) is 7.43. The van der Waals surface area contributed by atoms with Gasteiger partial charge in [-0.15, -0.1) is 0 Å². The Labute approximate surface area is 118 Å². The average molecular weight is 260 g/mol. The molecule has 1 aromatic rings. The highest BCUT2D eigenvalue weighted by Crippen LogP contribution is 2.28. The topological polar surface area (TPSA) is 29.3 Å². The van der Waals surface area contributed by atoms with Crippen LogP contribution in [0.5, 0.6) is 0 Å². The molecule has 0 bridgehead atoms. The molecule has 0 amide bonds. The van der Waals surface area contributed by atoms with Crippen LogP contribution >= 0.6 is 0 Å². The second kappa shape index (κ2) is 7.06. The average Bonchev–Trinajstić information content (AvgIpc) is 2.46. The second-order valence-electron chi connectivity index (χ2n) is 6.07. The highest BCUT2D eigenvalue weighted by molar-refractivity contribution is 5.16. The number of likely N-dealkylation sites (N-methyl/N-ethyl adjacent to an activating group) is 1. The smallest absolute Gasteiger partial charge is 0.0258 e. The normalized spacial score (nSPS) is 25.5. The molecule has 0 aliphatic heterocycles. The summed E-state index contributed by atoms with van der Waals surface area (Å²) < 4.78 is 0. The van der Waals surface area contributed by atoms with Crippen molar-refractivity contribution in [3.63, 3.8) is 0 Å². The van der Waals surface area contributed by atoms with Gasteiger partial charge in [0.15, 0.2) is 0 Å². The SMILES string of the molecule is CC1CCCCC1N(C)C(CN)Cc1ccccc1. The van der Waals surface area contributed by atoms with Crippen LogP contribution in [0.2, 0.25) is 0 Å². The maximum absolute atomic E-state index is 6.03. The third-order valence-electron chi connectivity index (χ3n) is 4.75. The molecule has 2 heteroatoms. The largest absolute Gasteiger partial charge is 0.329 e. The molecule has 1 aliphatic carbocycles. The van der Waals surface area contributed by atoms with E-state index in [-0.39, 0.29) is 0 Å². The van der Waals surface area contributed by atoms with E-state index in [2.05, 4.69) is 49.2 Å². The molecule has 2 rings (SSSR count). The zero-order valence-corrected chi connectivity index (χ0v) is 12.4. The molecule has 0 heterocycles. The zero-order valence-electron chi connectivity index (χ0n) is 12.4. The molecule has 2 N–H and O–H groups in total. The molecule has 0 radical (unpaired) electrons. The first-order valence-corrected chi connectivity index (χ1v) is 7.68. The minimum absolute atomic E-state index is 0.466. The van der Waals surface area contributed by atoms with E-state index < -0.39 is 0 Å². The van der Waals surface area contributed by atoms with Crippen LogP contribution in [0.3, 0.4) is 0 Å². The Morgan fingerprint density at radius 3 is 2.53 bits per heavy atom. The number of nitrogens with two attached hydrogens (primary N) is 1. The van der Waals surface area contributed by atoms with E-state index in [9.17, 15) is 0 Å². The van der Waals surface area contributed by atoms with Gasteiger partial charge >= 0.3 is 0 Å². The summed E-state index contributed by atoms with van der Waals surface area (Å²) in [7, 11) is 2.27. The fourth-order valence-corrected chi connectivity index (χ4v) is 3.45. The standard InChI is InChI=1S/C17H28N2/c1-14-8-6-7-11-17(14)19(2)16(13-18)12-15-9-4-3-5-10-15/h3-5,9-10,14,16-17H,6-8,11-13,18H2,1-2H3. The lowest BCUT2D eigenvalue weighted by molar-refractivity contribution is 0.0991. The van der Waals surface area contributed by atoms with Gasteiger partial charge in [0.2, 0.25) is 0 Å². The van der Waals surface area contributed by atoms with Gasteiger partial charge in [0.05, 0.1) is 0 Å². The van der Waals surface area contributed by atoms with Gasteiger partial charge in [-0.1, -0.05) is 50.1 Å². The molecule has 106 valence electrons. The molecule has 0 spiro atoms. The Kier molecular flexibility index (Phi) is 5.41. The predicted molar refractivity (Wildman–Crippen MR) is 82.2 cm³/mol. The Bertz CT molecular complexity index is 363. The van der Waals surface area contributed by atoms with Gasteiger partial charge in [0.1, 0.15) is 0 Å². The molecular formula is C17H28N2. The molecule has 1 aromatic carbocycles. The number of hydrogen-bond donors (Lipinski definition) is 1. The fraction of sp³-hybridized carbons (Fsp3) is 0.647. The van der Waals surface area contributed by atoms with Crippen LogP contribution in [0.4, 0.5) is 0 Å². The van der Waals surface area contributed by atoms with Gasteiger partial charge in [-0.05, 0) is 37.8 Å². The summed E-state index contributed by atoms with van der Waals surface area (Å²) in [4.78, 5) is 2.55. The number of rotatable bonds is 5. The summed E-state index contributed by atoms with van der Waals surface area (Å²) in [5, 5.41) is 0. The van der Waals surface area contributed by atoms with Gasteiger partial charge in [-0.2, -0.15) is 0 Å². The summed E-state index contributed by atoms with van der Waals surface area (Å²) in [6, 6.07) is 11.9. The van der Waals surface area contributed by atoms with Crippen LogP contribution in [0.15, 0.2) is 30.3 Å². The summed E-state index contributed by atoms with van der Waals surface area (Å²) in [6.45, 7) is 3.14. The van der Waals surface area contributed by atoms with Gasteiger partial charge < -0.3 is 5.73 Å². The molecule has 1 aliphatic rings. The molecule has 1 saturated carbocycles. The van der Waals surface area contributed by atoms with E-state index in [4.69, 9.17) is 5.73 Å². The van der Waals surface area contributed by atoms with Crippen molar-refractivity contribution in [2.75, 3.05) is 13.6 Å². The molecule has 0 saturated heterocycles. The van der Waals surface area contributed by atoms with Crippen molar-refractivity contribution in [3.05, 3.63) is 35.9 Å². The first kappa shape index (κ1) is 14.5. The van der Waals surface area contributed by atoms with E-state index in [0.29, 0.717) is 12.1 Å². The van der Waals surface area contributed by atoms with E-state index in [1.165, 1.54) is 31.2 Å². The van der Waals surface area contributed by atoms with Crippen LogP contribution in [0, 0.1) is 5.92 Å². The molecule has 2 nitrogen and oxygen atoms in total. The molecule has 1 fully saturated rings. The van der Waals surface area contributed by atoms with Gasteiger partial charge in [-0.3, -0.25) is 4.90 Å². The highest BCUT2D eigenvalue weighted by atomic mass is 15.2. The Balaban J connectivity index is 2.00. The van der Waals surface area contributed by atoms with Gasteiger partial charge in [0, 0.05) is 18.6 Å². The minimum atomic E-state index is 0.466. The maximum Gasteiger partial charge on any atom is 0.0258 e.